The molecule has 2 heterocycles. The number of hydrogen-bond acceptors (Lipinski definition) is 8. The first kappa shape index (κ1) is 27.8. The van der Waals surface area contributed by atoms with Crippen LogP contribution in [0.25, 0.3) is 0 Å². The van der Waals surface area contributed by atoms with Crippen LogP contribution in [0.2, 0.25) is 0 Å². The van der Waals surface area contributed by atoms with Crippen LogP contribution in [0.3, 0.4) is 0 Å². The molecule has 2 aliphatic rings. The summed E-state index contributed by atoms with van der Waals surface area (Å²) in [7, 11) is 0. The van der Waals surface area contributed by atoms with Crippen molar-refractivity contribution < 1.29 is 5.11 Å². The molecule has 37 heavy (non-hydrogen) atoms. The third-order valence-corrected chi connectivity index (χ3v) is 7.54. The van der Waals surface area contributed by atoms with Gasteiger partial charge < -0.3 is 26.0 Å². The molecule has 0 spiro atoms. The smallest absolute Gasteiger partial charge is 0.225 e. The van der Waals surface area contributed by atoms with Crippen LogP contribution in [0.15, 0.2) is 30.3 Å². The Kier molecular flexibility index (Phi) is 11.4. The van der Waals surface area contributed by atoms with Gasteiger partial charge in [0.25, 0.3) is 0 Å². The first-order chi connectivity index (χ1) is 18.2. The molecule has 1 aliphatic carbocycles. The van der Waals surface area contributed by atoms with E-state index in [1.165, 1.54) is 49.7 Å². The minimum absolute atomic E-state index is 0.262. The van der Waals surface area contributed by atoms with Gasteiger partial charge in [0.2, 0.25) is 5.95 Å². The molecule has 4 rings (SSSR count). The summed E-state index contributed by atoms with van der Waals surface area (Å²) < 4.78 is 0. The summed E-state index contributed by atoms with van der Waals surface area (Å²) in [5, 5.41) is 19.8. The molecule has 0 unspecified atom stereocenters. The zero-order chi connectivity index (χ0) is 25.7. The van der Waals surface area contributed by atoms with Crippen molar-refractivity contribution in [1.29, 1.82) is 0 Å². The van der Waals surface area contributed by atoms with Crippen molar-refractivity contribution in [1.82, 2.24) is 25.5 Å². The van der Waals surface area contributed by atoms with E-state index in [4.69, 9.17) is 10.1 Å². The summed E-state index contributed by atoms with van der Waals surface area (Å²) in [5.74, 6) is 1.68. The second kappa shape index (κ2) is 15.2. The molecule has 8 heteroatoms. The van der Waals surface area contributed by atoms with E-state index in [0.717, 1.165) is 76.3 Å². The van der Waals surface area contributed by atoms with Crippen molar-refractivity contribution >= 4 is 11.8 Å². The first-order valence-corrected chi connectivity index (χ1v) is 14.4. The molecule has 1 saturated carbocycles. The number of benzene rings is 1. The molecule has 0 amide bonds. The van der Waals surface area contributed by atoms with Gasteiger partial charge in [-0.2, -0.15) is 4.98 Å². The highest BCUT2D eigenvalue weighted by Gasteiger charge is 2.18. The molecular formula is C29H47N7O. The lowest BCUT2D eigenvalue weighted by Crippen LogP contribution is -2.47. The van der Waals surface area contributed by atoms with E-state index in [-0.39, 0.29) is 6.61 Å². The number of aliphatic hydroxyl groups excluding tert-OH is 1. The lowest BCUT2D eigenvalue weighted by atomic mass is 9.95. The maximum Gasteiger partial charge on any atom is 0.225 e. The van der Waals surface area contributed by atoms with E-state index >= 15 is 0 Å². The van der Waals surface area contributed by atoms with Gasteiger partial charge in [-0.3, -0.25) is 4.90 Å². The maximum atomic E-state index is 9.06. The summed E-state index contributed by atoms with van der Waals surface area (Å²) in [5.41, 5.74) is 3.52. The molecule has 0 atom stereocenters. The number of anilines is 2. The van der Waals surface area contributed by atoms with Crippen LogP contribution in [-0.2, 0) is 13.1 Å². The van der Waals surface area contributed by atoms with Crippen molar-refractivity contribution in [3.05, 3.63) is 47.2 Å². The first-order valence-electron chi connectivity index (χ1n) is 14.4. The molecule has 1 aliphatic heterocycles. The van der Waals surface area contributed by atoms with E-state index in [0.29, 0.717) is 12.5 Å². The number of rotatable bonds is 14. The monoisotopic (exact) mass is 509 g/mol. The van der Waals surface area contributed by atoms with Crippen LogP contribution in [0.1, 0.15) is 61.8 Å². The Morgan fingerprint density at radius 1 is 0.892 bits per heavy atom. The molecule has 0 bridgehead atoms. The van der Waals surface area contributed by atoms with Gasteiger partial charge in [0.15, 0.2) is 0 Å². The molecule has 1 aromatic heterocycles. The molecular weight excluding hydrogens is 462 g/mol. The van der Waals surface area contributed by atoms with Crippen LogP contribution >= 0.6 is 0 Å². The topological polar surface area (TPSA) is 88.6 Å². The van der Waals surface area contributed by atoms with E-state index in [1.807, 2.05) is 6.92 Å². The Labute approximate surface area is 223 Å². The third-order valence-electron chi connectivity index (χ3n) is 7.54. The molecule has 204 valence electrons. The second-order valence-electron chi connectivity index (χ2n) is 10.6. The molecule has 2 fully saturated rings. The standard InChI is InChI=1S/C29H47N7O/c1-24-21-28(36-18-16-35(17-19-36)15-6-20-37)34-29(33-24)32-23-26-11-9-25(10-12-26)22-30-13-5-14-31-27-7-3-2-4-8-27/h9-12,21,27,30-31,37H,2-8,13-20,22-23H2,1H3,(H,32,33,34). The third kappa shape index (κ3) is 9.52. The van der Waals surface area contributed by atoms with E-state index < -0.39 is 0 Å². The molecule has 2 aromatic rings. The molecule has 8 nitrogen and oxygen atoms in total. The summed E-state index contributed by atoms with van der Waals surface area (Å²) >= 11 is 0. The minimum atomic E-state index is 0.262. The Morgan fingerprint density at radius 3 is 2.35 bits per heavy atom. The van der Waals surface area contributed by atoms with Gasteiger partial charge in [-0.15, -0.1) is 0 Å². The van der Waals surface area contributed by atoms with Gasteiger partial charge in [-0.05, 0) is 56.8 Å². The summed E-state index contributed by atoms with van der Waals surface area (Å²) in [4.78, 5) is 14.2. The van der Waals surface area contributed by atoms with E-state index in [9.17, 15) is 0 Å². The highest BCUT2D eigenvalue weighted by atomic mass is 16.3. The predicted molar refractivity (Wildman–Crippen MR) is 152 cm³/mol. The molecule has 4 N–H and O–H groups in total. The van der Waals surface area contributed by atoms with Gasteiger partial charge in [0.1, 0.15) is 5.82 Å². The lowest BCUT2D eigenvalue weighted by molar-refractivity contribution is 0.215. The van der Waals surface area contributed by atoms with Gasteiger partial charge >= 0.3 is 0 Å². The Balaban J connectivity index is 1.15. The van der Waals surface area contributed by atoms with Crippen molar-refractivity contribution in [3.63, 3.8) is 0 Å². The average Bonchev–Trinajstić information content (AvgIpc) is 2.94. The highest BCUT2D eigenvalue weighted by molar-refractivity contribution is 5.45. The maximum absolute atomic E-state index is 9.06. The molecule has 1 aromatic carbocycles. The number of hydrogen-bond donors (Lipinski definition) is 4. The van der Waals surface area contributed by atoms with Gasteiger partial charge in [0.05, 0.1) is 0 Å². The number of aliphatic hydroxyl groups is 1. The normalized spacial score (nSPS) is 17.3. The van der Waals surface area contributed by atoms with Crippen LogP contribution in [0.4, 0.5) is 11.8 Å². The zero-order valence-electron chi connectivity index (χ0n) is 22.7. The number of nitrogens with zero attached hydrogens (tertiary/aromatic N) is 4. The average molecular weight is 510 g/mol. The van der Waals surface area contributed by atoms with Crippen molar-refractivity contribution in [3.8, 4) is 0 Å². The summed E-state index contributed by atoms with van der Waals surface area (Å²) in [6, 6.07) is 11.6. The zero-order valence-corrected chi connectivity index (χ0v) is 22.7. The Morgan fingerprint density at radius 2 is 1.62 bits per heavy atom. The van der Waals surface area contributed by atoms with Crippen molar-refractivity contribution in [2.75, 3.05) is 62.6 Å². The fraction of sp³-hybridized carbons (Fsp3) is 0.655. The van der Waals surface area contributed by atoms with Crippen molar-refractivity contribution in [2.45, 2.75) is 71.0 Å². The highest BCUT2D eigenvalue weighted by Crippen LogP contribution is 2.18. The van der Waals surface area contributed by atoms with Gasteiger partial charge in [-0.25, -0.2) is 4.98 Å². The van der Waals surface area contributed by atoms with Gasteiger partial charge in [0, 0.05) is 70.2 Å². The Bertz CT molecular complexity index is 909. The number of nitrogens with one attached hydrogen (secondary N) is 3. The number of aromatic nitrogens is 2. The predicted octanol–water partition coefficient (Wildman–Crippen LogP) is 3.30. The lowest BCUT2D eigenvalue weighted by Gasteiger charge is -2.35. The van der Waals surface area contributed by atoms with E-state index in [1.54, 1.807) is 0 Å². The molecule has 1 saturated heterocycles. The number of piperazine rings is 1. The summed E-state index contributed by atoms with van der Waals surface area (Å²) in [6.45, 7) is 11.0. The van der Waals surface area contributed by atoms with Crippen LogP contribution in [-0.4, -0.2) is 78.4 Å². The van der Waals surface area contributed by atoms with Crippen LogP contribution in [0, 0.1) is 6.92 Å². The van der Waals surface area contributed by atoms with Crippen LogP contribution in [0.5, 0.6) is 0 Å². The van der Waals surface area contributed by atoms with E-state index in [2.05, 4.69) is 61.1 Å². The SMILES string of the molecule is Cc1cc(N2CCN(CCCO)CC2)nc(NCc2ccc(CNCCCNC3CCCCC3)cc2)n1. The minimum Gasteiger partial charge on any atom is -0.396 e. The molecule has 0 radical (unpaired) electrons. The summed E-state index contributed by atoms with van der Waals surface area (Å²) in [6.07, 6.45) is 8.94. The van der Waals surface area contributed by atoms with Crippen molar-refractivity contribution in [2.24, 2.45) is 0 Å². The number of aryl methyl sites for hydroxylation is 1. The second-order valence-corrected chi connectivity index (χ2v) is 10.6. The largest absolute Gasteiger partial charge is 0.396 e. The Hall–Kier alpha value is -2.26. The fourth-order valence-electron chi connectivity index (χ4n) is 5.30. The van der Waals surface area contributed by atoms with Gasteiger partial charge in [-0.1, -0.05) is 43.5 Å². The van der Waals surface area contributed by atoms with Crippen LogP contribution < -0.4 is 20.9 Å². The quantitative estimate of drug-likeness (QED) is 0.289. The fourth-order valence-corrected chi connectivity index (χ4v) is 5.30.